The van der Waals surface area contributed by atoms with Crippen molar-refractivity contribution in [3.05, 3.63) is 35.6 Å². The van der Waals surface area contributed by atoms with E-state index in [1.807, 2.05) is 0 Å². The highest BCUT2D eigenvalue weighted by molar-refractivity contribution is 5.94. The Hall–Kier alpha value is -3.25. The molecule has 4 aliphatic rings. The number of hydrogen-bond donors (Lipinski definition) is 1. The maximum Gasteiger partial charge on any atom is 0.336 e. The molecule has 1 spiro atoms. The van der Waals surface area contributed by atoms with Gasteiger partial charge in [-0.2, -0.15) is 4.68 Å². The summed E-state index contributed by atoms with van der Waals surface area (Å²) in [6.07, 6.45) is 8.27. The highest BCUT2D eigenvalue weighted by atomic mass is 16.5. The lowest BCUT2D eigenvalue weighted by Crippen LogP contribution is -2.51. The lowest BCUT2D eigenvalue weighted by molar-refractivity contribution is -0.140. The molecule has 178 valence electrons. The second-order valence-electron chi connectivity index (χ2n) is 9.71. The molecule has 0 radical (unpaired) electrons. The Labute approximate surface area is 195 Å². The van der Waals surface area contributed by atoms with Gasteiger partial charge in [-0.05, 0) is 49.5 Å². The third-order valence-electron chi connectivity index (χ3n) is 7.92. The maximum absolute atomic E-state index is 13.5. The van der Waals surface area contributed by atoms with Crippen LogP contribution in [0, 0.1) is 5.41 Å². The normalized spacial score (nSPS) is 30.0. The summed E-state index contributed by atoms with van der Waals surface area (Å²) in [4.78, 5) is 38.0. The van der Waals surface area contributed by atoms with Gasteiger partial charge in [0.1, 0.15) is 12.9 Å². The van der Waals surface area contributed by atoms with Crippen molar-refractivity contribution >= 4 is 11.9 Å². The minimum atomic E-state index is -0.731. The monoisotopic (exact) mass is 466 g/mol. The van der Waals surface area contributed by atoms with Crippen molar-refractivity contribution in [3.63, 3.8) is 0 Å². The van der Waals surface area contributed by atoms with Crippen molar-refractivity contribution in [1.29, 1.82) is 0 Å². The fourth-order valence-corrected chi connectivity index (χ4v) is 6.12. The molecule has 2 aromatic heterocycles. The zero-order valence-electron chi connectivity index (χ0n) is 18.9. The molecule has 12 nitrogen and oxygen atoms in total. The van der Waals surface area contributed by atoms with E-state index in [9.17, 15) is 14.7 Å². The first-order valence-electron chi connectivity index (χ1n) is 11.6. The van der Waals surface area contributed by atoms with E-state index in [2.05, 4.69) is 30.4 Å². The van der Waals surface area contributed by atoms with Crippen LogP contribution in [0.2, 0.25) is 0 Å². The van der Waals surface area contributed by atoms with Gasteiger partial charge in [-0.1, -0.05) is 0 Å². The fourth-order valence-electron chi connectivity index (χ4n) is 6.12. The van der Waals surface area contributed by atoms with Gasteiger partial charge in [0.2, 0.25) is 5.91 Å². The summed E-state index contributed by atoms with van der Waals surface area (Å²) < 4.78 is 6.49. The Balaban J connectivity index is 1.14. The number of aliphatic hydroxyl groups is 1. The van der Waals surface area contributed by atoms with E-state index in [-0.39, 0.29) is 36.0 Å². The Morgan fingerprint density at radius 2 is 1.94 bits per heavy atom. The zero-order valence-corrected chi connectivity index (χ0v) is 18.9. The number of aromatic nitrogens is 6. The van der Waals surface area contributed by atoms with Gasteiger partial charge in [0.25, 0.3) is 5.95 Å². The summed E-state index contributed by atoms with van der Waals surface area (Å²) >= 11 is 0. The van der Waals surface area contributed by atoms with Gasteiger partial charge in [0.05, 0.1) is 22.8 Å². The number of likely N-dealkylation sites (tertiary alicyclic amines) is 1. The van der Waals surface area contributed by atoms with Gasteiger partial charge in [-0.15, -0.1) is 5.10 Å². The SMILES string of the molecule is CC1=C(N2CCC3(C[C@H]4CC[C@H](C3)N4C[C@H](O)c3cnc(-n4cnnn4)nc3)C2=O)COC1=O. The van der Waals surface area contributed by atoms with Crippen molar-refractivity contribution in [1.82, 2.24) is 40.0 Å². The van der Waals surface area contributed by atoms with Crippen LogP contribution in [0.25, 0.3) is 5.95 Å². The van der Waals surface area contributed by atoms with E-state index in [0.717, 1.165) is 37.8 Å². The quantitative estimate of drug-likeness (QED) is 0.606. The summed E-state index contributed by atoms with van der Waals surface area (Å²) in [5, 5.41) is 21.8. The smallest absolute Gasteiger partial charge is 0.336 e. The first-order valence-corrected chi connectivity index (χ1v) is 11.6. The number of piperidine rings is 1. The molecular weight excluding hydrogens is 440 g/mol. The minimum Gasteiger partial charge on any atom is -0.456 e. The van der Waals surface area contributed by atoms with E-state index in [1.54, 1.807) is 24.2 Å². The lowest BCUT2D eigenvalue weighted by Gasteiger charge is -2.44. The van der Waals surface area contributed by atoms with Crippen LogP contribution >= 0.6 is 0 Å². The van der Waals surface area contributed by atoms with Gasteiger partial charge >= 0.3 is 5.97 Å². The molecule has 3 fully saturated rings. The molecule has 34 heavy (non-hydrogen) atoms. The third kappa shape index (κ3) is 3.31. The number of fused-ring (bicyclic) bond motifs is 2. The average molecular weight is 467 g/mol. The number of carbonyl (C=O) groups excluding carboxylic acids is 2. The highest BCUT2D eigenvalue weighted by Gasteiger charge is 2.56. The van der Waals surface area contributed by atoms with Gasteiger partial charge in [0, 0.05) is 43.1 Å². The molecule has 0 unspecified atom stereocenters. The van der Waals surface area contributed by atoms with Gasteiger partial charge in [-0.25, -0.2) is 14.8 Å². The first-order chi connectivity index (χ1) is 16.4. The molecule has 2 bridgehead atoms. The Morgan fingerprint density at radius 1 is 1.21 bits per heavy atom. The molecule has 0 aliphatic carbocycles. The van der Waals surface area contributed by atoms with Gasteiger partial charge in [0.15, 0.2) is 0 Å². The number of amides is 1. The van der Waals surface area contributed by atoms with Gasteiger partial charge in [-0.3, -0.25) is 9.69 Å². The van der Waals surface area contributed by atoms with Crippen molar-refractivity contribution < 1.29 is 19.4 Å². The van der Waals surface area contributed by atoms with Crippen LogP contribution < -0.4 is 0 Å². The number of hydrogen-bond acceptors (Lipinski definition) is 10. The number of esters is 1. The largest absolute Gasteiger partial charge is 0.456 e. The first kappa shape index (κ1) is 21.3. The highest BCUT2D eigenvalue weighted by Crippen LogP contribution is 2.52. The van der Waals surface area contributed by atoms with Crippen LogP contribution in [0.5, 0.6) is 0 Å². The number of aliphatic hydroxyl groups excluding tert-OH is 1. The predicted molar refractivity (Wildman–Crippen MR) is 115 cm³/mol. The Morgan fingerprint density at radius 3 is 2.56 bits per heavy atom. The van der Waals surface area contributed by atoms with Crippen molar-refractivity contribution in [2.45, 2.75) is 57.2 Å². The number of ether oxygens (including phenoxy) is 1. The molecule has 1 N–H and O–H groups in total. The number of nitrogens with zero attached hydrogens (tertiary/aromatic N) is 8. The number of rotatable bonds is 5. The molecule has 2 aromatic rings. The molecule has 6 heterocycles. The molecular formula is C22H26N8O4. The fraction of sp³-hybridized carbons (Fsp3) is 0.591. The van der Waals surface area contributed by atoms with E-state index >= 15 is 0 Å². The van der Waals surface area contributed by atoms with Crippen molar-refractivity contribution in [3.8, 4) is 5.95 Å². The van der Waals surface area contributed by atoms with Crippen LogP contribution in [-0.4, -0.2) is 88.7 Å². The molecule has 0 saturated carbocycles. The van der Waals surface area contributed by atoms with Crippen molar-refractivity contribution in [2.24, 2.45) is 5.41 Å². The maximum atomic E-state index is 13.5. The zero-order chi connectivity index (χ0) is 23.4. The summed E-state index contributed by atoms with van der Waals surface area (Å²) in [7, 11) is 0. The van der Waals surface area contributed by atoms with Crippen LogP contribution in [-0.2, 0) is 14.3 Å². The molecule has 0 aromatic carbocycles. The molecule has 6 rings (SSSR count). The van der Waals surface area contributed by atoms with Gasteiger partial charge < -0.3 is 14.7 Å². The number of tetrazole rings is 1. The molecule has 4 aliphatic heterocycles. The third-order valence-corrected chi connectivity index (χ3v) is 7.92. The lowest BCUT2D eigenvalue weighted by atomic mass is 9.73. The van der Waals surface area contributed by atoms with Crippen LogP contribution in [0.1, 0.15) is 50.7 Å². The standard InChI is InChI=1S/C22H26N8O4/c1-13-17(11-34-19(13)32)28-5-4-22(20(28)33)6-15-2-3-16(7-22)29(15)10-18(31)14-8-23-21(24-9-14)30-12-25-26-27-30/h8-9,12,15-16,18,31H,2-7,10-11H2,1H3/t15-,16-,18+/m1/s1. The van der Waals surface area contributed by atoms with Crippen LogP contribution in [0.3, 0.4) is 0 Å². The van der Waals surface area contributed by atoms with Crippen LogP contribution in [0.15, 0.2) is 30.0 Å². The topological polar surface area (TPSA) is 139 Å². The number of carbonyl (C=O) groups is 2. The summed E-state index contributed by atoms with van der Waals surface area (Å²) in [6, 6.07) is 0.491. The van der Waals surface area contributed by atoms with E-state index in [4.69, 9.17) is 4.74 Å². The van der Waals surface area contributed by atoms with E-state index in [0.29, 0.717) is 30.2 Å². The molecule has 3 atom stereocenters. The van der Waals surface area contributed by atoms with Crippen LogP contribution in [0.4, 0.5) is 0 Å². The summed E-state index contributed by atoms with van der Waals surface area (Å²) in [5.74, 6) is 0.136. The molecule has 12 heteroatoms. The number of cyclic esters (lactones) is 1. The average Bonchev–Trinajstić information content (AvgIpc) is 3.60. The predicted octanol–water partition coefficient (Wildman–Crippen LogP) is 0.162. The van der Waals surface area contributed by atoms with E-state index in [1.165, 1.54) is 11.0 Å². The summed E-state index contributed by atoms with van der Waals surface area (Å²) in [5.41, 5.74) is 1.51. The minimum absolute atomic E-state index is 0.129. The Bertz CT molecular complexity index is 1130. The second-order valence-corrected chi connectivity index (χ2v) is 9.71. The summed E-state index contributed by atoms with van der Waals surface area (Å²) in [6.45, 7) is 3.03. The Kier molecular flexibility index (Phi) is 4.96. The molecule has 3 saturated heterocycles. The second kappa shape index (κ2) is 7.91. The van der Waals surface area contributed by atoms with Crippen molar-refractivity contribution in [2.75, 3.05) is 19.7 Å². The van der Waals surface area contributed by atoms with E-state index < -0.39 is 6.10 Å². The molecule has 1 amide bonds.